The van der Waals surface area contributed by atoms with Crippen molar-refractivity contribution in [3.8, 4) is 11.3 Å². The first-order valence-corrected chi connectivity index (χ1v) is 4.19. The minimum Gasteiger partial charge on any atom is -0.363 e. The highest BCUT2D eigenvalue weighted by Crippen LogP contribution is 2.18. The molecular formula is C10H7FN2O2. The number of hydrogen-bond donors (Lipinski definition) is 1. The number of carbonyl (C=O) groups is 1. The standard InChI is InChI=1S/C10H7FN2O2/c11-7-3-1-6(2-4-7)8-5-9(10(12)14)15-13-8/h1-5H,(H2,12,14). The number of amides is 1. The van der Waals surface area contributed by atoms with Crippen molar-refractivity contribution < 1.29 is 13.7 Å². The molecule has 0 aliphatic rings. The Morgan fingerprint density at radius 1 is 1.33 bits per heavy atom. The van der Waals surface area contributed by atoms with Gasteiger partial charge in [0.15, 0.2) is 0 Å². The summed E-state index contributed by atoms with van der Waals surface area (Å²) in [6.45, 7) is 0. The fraction of sp³-hybridized carbons (Fsp3) is 0. The number of carbonyl (C=O) groups excluding carboxylic acids is 1. The molecule has 2 N–H and O–H groups in total. The highest BCUT2D eigenvalue weighted by molar-refractivity contribution is 5.90. The lowest BCUT2D eigenvalue weighted by Gasteiger charge is -1.93. The van der Waals surface area contributed by atoms with Gasteiger partial charge in [0, 0.05) is 11.6 Å². The van der Waals surface area contributed by atoms with E-state index < -0.39 is 5.91 Å². The Labute approximate surface area is 84.5 Å². The molecule has 2 aromatic rings. The molecule has 4 nitrogen and oxygen atoms in total. The molecule has 0 bridgehead atoms. The minimum absolute atomic E-state index is 0.0191. The van der Waals surface area contributed by atoms with Gasteiger partial charge in [-0.1, -0.05) is 5.16 Å². The molecule has 0 aliphatic heterocycles. The molecule has 0 saturated carbocycles. The maximum absolute atomic E-state index is 12.6. The molecule has 1 amide bonds. The maximum atomic E-state index is 12.6. The number of nitrogens with zero attached hydrogens (tertiary/aromatic N) is 1. The molecule has 5 heteroatoms. The molecule has 1 aromatic heterocycles. The quantitative estimate of drug-likeness (QED) is 0.810. The highest BCUT2D eigenvalue weighted by atomic mass is 19.1. The van der Waals surface area contributed by atoms with Gasteiger partial charge in [-0.25, -0.2) is 4.39 Å². The highest BCUT2D eigenvalue weighted by Gasteiger charge is 2.10. The topological polar surface area (TPSA) is 69.1 Å². The van der Waals surface area contributed by atoms with Crippen LogP contribution in [-0.2, 0) is 0 Å². The molecule has 0 aliphatic carbocycles. The second kappa shape index (κ2) is 3.53. The summed E-state index contributed by atoms with van der Waals surface area (Å²) < 4.78 is 17.3. The number of halogens is 1. The summed E-state index contributed by atoms with van der Waals surface area (Å²) in [7, 11) is 0. The van der Waals surface area contributed by atoms with E-state index in [1.165, 1.54) is 30.3 Å². The zero-order chi connectivity index (χ0) is 10.8. The molecule has 0 radical (unpaired) electrons. The van der Waals surface area contributed by atoms with Gasteiger partial charge >= 0.3 is 0 Å². The van der Waals surface area contributed by atoms with E-state index in [4.69, 9.17) is 10.3 Å². The van der Waals surface area contributed by atoms with E-state index >= 15 is 0 Å². The largest absolute Gasteiger partial charge is 0.363 e. The van der Waals surface area contributed by atoms with Crippen molar-refractivity contribution in [2.45, 2.75) is 0 Å². The van der Waals surface area contributed by atoms with E-state index in [1.54, 1.807) is 0 Å². The van der Waals surface area contributed by atoms with Crippen LogP contribution in [0.4, 0.5) is 4.39 Å². The molecule has 0 fully saturated rings. The Kier molecular flexibility index (Phi) is 2.21. The molecule has 1 heterocycles. The minimum atomic E-state index is -0.684. The Bertz CT molecular complexity index is 490. The number of rotatable bonds is 2. The van der Waals surface area contributed by atoms with Crippen LogP contribution in [0, 0.1) is 5.82 Å². The molecule has 15 heavy (non-hydrogen) atoms. The van der Waals surface area contributed by atoms with Crippen LogP contribution in [0.3, 0.4) is 0 Å². The number of primary amides is 1. The average molecular weight is 206 g/mol. The number of hydrogen-bond acceptors (Lipinski definition) is 3. The van der Waals surface area contributed by atoms with E-state index in [1.807, 2.05) is 0 Å². The van der Waals surface area contributed by atoms with Crippen LogP contribution in [0.15, 0.2) is 34.9 Å². The van der Waals surface area contributed by atoms with Crippen molar-refractivity contribution in [2.75, 3.05) is 0 Å². The van der Waals surface area contributed by atoms with Crippen LogP contribution in [0.2, 0.25) is 0 Å². The lowest BCUT2D eigenvalue weighted by molar-refractivity contribution is 0.0965. The van der Waals surface area contributed by atoms with E-state index in [-0.39, 0.29) is 11.6 Å². The third-order valence-corrected chi connectivity index (χ3v) is 1.89. The number of nitrogens with two attached hydrogens (primary N) is 1. The van der Waals surface area contributed by atoms with Crippen LogP contribution >= 0.6 is 0 Å². The fourth-order valence-electron chi connectivity index (χ4n) is 1.15. The summed E-state index contributed by atoms with van der Waals surface area (Å²) in [5, 5.41) is 3.64. The van der Waals surface area contributed by atoms with Gasteiger partial charge < -0.3 is 10.3 Å². The van der Waals surface area contributed by atoms with E-state index in [0.717, 1.165) is 0 Å². The smallest absolute Gasteiger partial charge is 0.287 e. The van der Waals surface area contributed by atoms with Crippen molar-refractivity contribution in [1.82, 2.24) is 5.16 Å². The maximum Gasteiger partial charge on any atom is 0.287 e. The van der Waals surface area contributed by atoms with Crippen molar-refractivity contribution in [1.29, 1.82) is 0 Å². The summed E-state index contributed by atoms with van der Waals surface area (Å²) in [4.78, 5) is 10.7. The van der Waals surface area contributed by atoms with Crippen LogP contribution in [0.1, 0.15) is 10.6 Å². The Balaban J connectivity index is 2.37. The Morgan fingerprint density at radius 3 is 2.53 bits per heavy atom. The monoisotopic (exact) mass is 206 g/mol. The summed E-state index contributed by atoms with van der Waals surface area (Å²) in [6, 6.07) is 7.09. The lowest BCUT2D eigenvalue weighted by atomic mass is 10.1. The molecular weight excluding hydrogens is 199 g/mol. The van der Waals surface area contributed by atoms with Crippen molar-refractivity contribution in [3.63, 3.8) is 0 Å². The second-order valence-corrected chi connectivity index (χ2v) is 2.95. The van der Waals surface area contributed by atoms with Crippen LogP contribution in [0.25, 0.3) is 11.3 Å². The predicted molar refractivity (Wildman–Crippen MR) is 50.4 cm³/mol. The van der Waals surface area contributed by atoms with Crippen LogP contribution < -0.4 is 5.73 Å². The first-order chi connectivity index (χ1) is 7.16. The second-order valence-electron chi connectivity index (χ2n) is 2.95. The van der Waals surface area contributed by atoms with Crippen LogP contribution in [0.5, 0.6) is 0 Å². The third-order valence-electron chi connectivity index (χ3n) is 1.89. The summed E-state index contributed by atoms with van der Waals surface area (Å²) in [5.74, 6) is -1.04. The van der Waals surface area contributed by atoms with Gasteiger partial charge in [0.05, 0.1) is 0 Å². The molecule has 2 rings (SSSR count). The van der Waals surface area contributed by atoms with Gasteiger partial charge in [-0.05, 0) is 24.3 Å². The zero-order valence-corrected chi connectivity index (χ0v) is 7.61. The summed E-state index contributed by atoms with van der Waals surface area (Å²) in [6.07, 6.45) is 0. The Hall–Kier alpha value is -2.17. The lowest BCUT2D eigenvalue weighted by Crippen LogP contribution is -2.09. The SMILES string of the molecule is NC(=O)c1cc(-c2ccc(F)cc2)no1. The first kappa shape index (κ1) is 9.39. The summed E-state index contributed by atoms with van der Waals surface area (Å²) in [5.41, 5.74) is 6.10. The van der Waals surface area contributed by atoms with Crippen molar-refractivity contribution in [2.24, 2.45) is 5.73 Å². The third kappa shape index (κ3) is 1.85. The zero-order valence-electron chi connectivity index (χ0n) is 7.61. The molecule has 0 spiro atoms. The van der Waals surface area contributed by atoms with Crippen LogP contribution in [-0.4, -0.2) is 11.1 Å². The normalized spacial score (nSPS) is 10.2. The van der Waals surface area contributed by atoms with Gasteiger partial charge in [-0.3, -0.25) is 4.79 Å². The first-order valence-electron chi connectivity index (χ1n) is 4.19. The Morgan fingerprint density at radius 2 is 2.00 bits per heavy atom. The molecule has 0 atom stereocenters. The van der Waals surface area contributed by atoms with E-state index in [2.05, 4.69) is 5.16 Å². The molecule has 0 saturated heterocycles. The fourth-order valence-corrected chi connectivity index (χ4v) is 1.15. The van der Waals surface area contributed by atoms with E-state index in [0.29, 0.717) is 11.3 Å². The van der Waals surface area contributed by atoms with Crippen molar-refractivity contribution in [3.05, 3.63) is 41.9 Å². The van der Waals surface area contributed by atoms with Gasteiger partial charge in [0.1, 0.15) is 11.5 Å². The predicted octanol–water partition coefficient (Wildman–Crippen LogP) is 1.58. The number of benzene rings is 1. The number of aromatic nitrogens is 1. The van der Waals surface area contributed by atoms with Gasteiger partial charge in [-0.15, -0.1) is 0 Å². The summed E-state index contributed by atoms with van der Waals surface area (Å²) >= 11 is 0. The van der Waals surface area contributed by atoms with E-state index in [9.17, 15) is 9.18 Å². The average Bonchev–Trinajstić information content (AvgIpc) is 2.68. The molecule has 1 aromatic carbocycles. The molecule has 0 unspecified atom stereocenters. The van der Waals surface area contributed by atoms with Crippen molar-refractivity contribution >= 4 is 5.91 Å². The van der Waals surface area contributed by atoms with Gasteiger partial charge in [0.25, 0.3) is 5.91 Å². The van der Waals surface area contributed by atoms with Gasteiger partial charge in [0.2, 0.25) is 5.76 Å². The van der Waals surface area contributed by atoms with Gasteiger partial charge in [-0.2, -0.15) is 0 Å². The molecule has 76 valence electrons.